The Morgan fingerprint density at radius 1 is 1.00 bits per heavy atom. The maximum absolute atomic E-state index is 13.1. The lowest BCUT2D eigenvalue weighted by Crippen LogP contribution is -1.90. The molecule has 0 saturated heterocycles. The summed E-state index contributed by atoms with van der Waals surface area (Å²) < 4.78 is 39.0. The molecule has 0 bridgehead atoms. The highest BCUT2D eigenvalue weighted by atomic mass is 19.2. The minimum atomic E-state index is -1.28. The van der Waals surface area contributed by atoms with Gasteiger partial charge in [0.2, 0.25) is 0 Å². The second-order valence-corrected chi connectivity index (χ2v) is 2.85. The zero-order valence-electron chi connectivity index (χ0n) is 6.89. The van der Waals surface area contributed by atoms with Gasteiger partial charge in [-0.2, -0.15) is 0 Å². The van der Waals surface area contributed by atoms with E-state index in [0.717, 1.165) is 6.07 Å². The van der Waals surface area contributed by atoms with Crippen molar-refractivity contribution in [3.05, 3.63) is 41.7 Å². The molecule has 72 valence electrons. The van der Waals surface area contributed by atoms with E-state index in [9.17, 15) is 18.3 Å². The van der Waals surface area contributed by atoms with Crippen LogP contribution < -0.4 is 0 Å². The lowest BCUT2D eigenvalue weighted by Gasteiger charge is -2.03. The van der Waals surface area contributed by atoms with Crippen LogP contribution in [0.25, 0.3) is 10.8 Å². The maximum atomic E-state index is 13.1. The third kappa shape index (κ3) is 1.11. The molecular weight excluding hydrogens is 193 g/mol. The zero-order valence-corrected chi connectivity index (χ0v) is 6.89. The van der Waals surface area contributed by atoms with E-state index in [0.29, 0.717) is 6.07 Å². The highest BCUT2D eigenvalue weighted by Gasteiger charge is 2.14. The van der Waals surface area contributed by atoms with Crippen LogP contribution in [0.5, 0.6) is 5.75 Å². The number of phenols is 1. The van der Waals surface area contributed by atoms with Crippen molar-refractivity contribution in [2.75, 3.05) is 0 Å². The van der Waals surface area contributed by atoms with Gasteiger partial charge in [0.25, 0.3) is 0 Å². The van der Waals surface area contributed by atoms with Crippen molar-refractivity contribution in [2.45, 2.75) is 0 Å². The van der Waals surface area contributed by atoms with Gasteiger partial charge in [0.15, 0.2) is 11.6 Å². The highest BCUT2D eigenvalue weighted by Crippen LogP contribution is 2.30. The summed E-state index contributed by atoms with van der Waals surface area (Å²) in [6.07, 6.45) is 0. The van der Waals surface area contributed by atoms with Crippen LogP contribution in [-0.2, 0) is 0 Å². The van der Waals surface area contributed by atoms with E-state index in [1.165, 1.54) is 12.1 Å². The predicted octanol–water partition coefficient (Wildman–Crippen LogP) is 2.96. The van der Waals surface area contributed by atoms with Crippen molar-refractivity contribution < 1.29 is 18.3 Å². The second kappa shape index (κ2) is 2.90. The van der Waals surface area contributed by atoms with Gasteiger partial charge in [0.05, 0.1) is 5.39 Å². The van der Waals surface area contributed by atoms with Crippen molar-refractivity contribution in [3.8, 4) is 5.75 Å². The summed E-state index contributed by atoms with van der Waals surface area (Å²) in [6.45, 7) is 0. The van der Waals surface area contributed by atoms with Crippen LogP contribution in [0.1, 0.15) is 0 Å². The third-order valence-corrected chi connectivity index (χ3v) is 1.98. The minimum Gasteiger partial charge on any atom is -0.507 e. The van der Waals surface area contributed by atoms with Crippen LogP contribution in [0.4, 0.5) is 13.2 Å². The molecule has 2 rings (SSSR count). The molecule has 0 amide bonds. The molecule has 0 aliphatic carbocycles. The van der Waals surface area contributed by atoms with Gasteiger partial charge in [0.1, 0.15) is 11.6 Å². The quantitative estimate of drug-likeness (QED) is 0.689. The molecule has 2 aromatic rings. The number of rotatable bonds is 0. The summed E-state index contributed by atoms with van der Waals surface area (Å²) in [5.41, 5.74) is 0. The van der Waals surface area contributed by atoms with Gasteiger partial charge in [-0.05, 0) is 6.07 Å². The average molecular weight is 198 g/mol. The van der Waals surface area contributed by atoms with E-state index in [-0.39, 0.29) is 5.39 Å². The standard InChI is InChI=1S/C10H5F3O/c11-6-3-1-2-5-8(14)4-7(12)10(13)9(5)6/h1-4,14H. The molecule has 4 heteroatoms. The average Bonchev–Trinajstić information content (AvgIpc) is 2.14. The van der Waals surface area contributed by atoms with Gasteiger partial charge >= 0.3 is 0 Å². The predicted molar refractivity (Wildman–Crippen MR) is 45.5 cm³/mol. The summed E-state index contributed by atoms with van der Waals surface area (Å²) in [5.74, 6) is -3.91. The van der Waals surface area contributed by atoms with Gasteiger partial charge < -0.3 is 5.11 Å². The molecule has 0 spiro atoms. The SMILES string of the molecule is Oc1cc(F)c(F)c2c(F)cccc12. The van der Waals surface area contributed by atoms with E-state index in [2.05, 4.69) is 0 Å². The molecule has 0 heterocycles. The molecule has 0 aliphatic rings. The Hall–Kier alpha value is -1.71. The van der Waals surface area contributed by atoms with Crippen molar-refractivity contribution in [1.29, 1.82) is 0 Å². The molecule has 0 unspecified atom stereocenters. The molecule has 2 aromatic carbocycles. The van der Waals surface area contributed by atoms with Crippen LogP contribution in [-0.4, -0.2) is 5.11 Å². The van der Waals surface area contributed by atoms with E-state index < -0.39 is 28.6 Å². The summed E-state index contributed by atoms with van der Waals surface area (Å²) in [7, 11) is 0. The Labute approximate surface area is 77.4 Å². The van der Waals surface area contributed by atoms with Gasteiger partial charge in [-0.1, -0.05) is 12.1 Å². The lowest BCUT2D eigenvalue weighted by atomic mass is 10.1. The van der Waals surface area contributed by atoms with Crippen molar-refractivity contribution in [2.24, 2.45) is 0 Å². The molecular formula is C10H5F3O. The van der Waals surface area contributed by atoms with E-state index in [1.54, 1.807) is 0 Å². The summed E-state index contributed by atoms with van der Waals surface area (Å²) in [5, 5.41) is 8.67. The fraction of sp³-hybridized carbons (Fsp3) is 0. The number of benzene rings is 2. The Kier molecular flexibility index (Phi) is 1.84. The fourth-order valence-electron chi connectivity index (χ4n) is 1.34. The van der Waals surface area contributed by atoms with Crippen molar-refractivity contribution >= 4 is 10.8 Å². The number of aromatic hydroxyl groups is 1. The Morgan fingerprint density at radius 3 is 2.43 bits per heavy atom. The number of hydrogen-bond acceptors (Lipinski definition) is 1. The molecule has 0 saturated carbocycles. The summed E-state index contributed by atoms with van der Waals surface area (Å²) in [6, 6.07) is 4.26. The van der Waals surface area contributed by atoms with Crippen LogP contribution in [0.2, 0.25) is 0 Å². The van der Waals surface area contributed by atoms with Gasteiger partial charge in [-0.25, -0.2) is 13.2 Å². The van der Waals surface area contributed by atoms with Crippen LogP contribution in [0, 0.1) is 17.5 Å². The van der Waals surface area contributed by atoms with Crippen LogP contribution >= 0.6 is 0 Å². The molecule has 14 heavy (non-hydrogen) atoms. The summed E-state index contributed by atoms with van der Waals surface area (Å²) >= 11 is 0. The first-order valence-electron chi connectivity index (χ1n) is 3.86. The molecule has 0 aliphatic heterocycles. The Morgan fingerprint density at radius 2 is 1.71 bits per heavy atom. The Balaban J connectivity index is 3.03. The summed E-state index contributed by atoms with van der Waals surface area (Å²) in [4.78, 5) is 0. The first-order chi connectivity index (χ1) is 6.61. The second-order valence-electron chi connectivity index (χ2n) is 2.85. The van der Waals surface area contributed by atoms with Gasteiger partial charge in [-0.3, -0.25) is 0 Å². The molecule has 0 fully saturated rings. The molecule has 1 N–H and O–H groups in total. The largest absolute Gasteiger partial charge is 0.507 e. The number of phenolic OH excluding ortho intramolecular Hbond substituents is 1. The Bertz CT molecular complexity index is 508. The van der Waals surface area contributed by atoms with Crippen molar-refractivity contribution in [1.82, 2.24) is 0 Å². The zero-order chi connectivity index (χ0) is 10.3. The molecule has 0 atom stereocenters. The van der Waals surface area contributed by atoms with Gasteiger partial charge in [-0.15, -0.1) is 0 Å². The first kappa shape index (κ1) is 8.87. The molecule has 0 aromatic heterocycles. The van der Waals surface area contributed by atoms with Crippen molar-refractivity contribution in [3.63, 3.8) is 0 Å². The van der Waals surface area contributed by atoms with E-state index in [1.807, 2.05) is 0 Å². The lowest BCUT2D eigenvalue weighted by molar-refractivity contribution is 0.462. The number of halogens is 3. The third-order valence-electron chi connectivity index (χ3n) is 1.98. The smallest absolute Gasteiger partial charge is 0.169 e. The van der Waals surface area contributed by atoms with Crippen LogP contribution in [0.3, 0.4) is 0 Å². The van der Waals surface area contributed by atoms with E-state index in [4.69, 9.17) is 0 Å². The maximum Gasteiger partial charge on any atom is 0.169 e. The number of hydrogen-bond donors (Lipinski definition) is 1. The minimum absolute atomic E-state index is 0.0381. The number of fused-ring (bicyclic) bond motifs is 1. The topological polar surface area (TPSA) is 20.2 Å². The molecule has 0 radical (unpaired) electrons. The monoisotopic (exact) mass is 198 g/mol. The first-order valence-corrected chi connectivity index (χ1v) is 3.86. The molecule has 1 nitrogen and oxygen atoms in total. The fourth-order valence-corrected chi connectivity index (χ4v) is 1.34. The van der Waals surface area contributed by atoms with Crippen LogP contribution in [0.15, 0.2) is 24.3 Å². The highest BCUT2D eigenvalue weighted by molar-refractivity contribution is 5.89. The van der Waals surface area contributed by atoms with Gasteiger partial charge in [0, 0.05) is 11.5 Å². The van der Waals surface area contributed by atoms with E-state index >= 15 is 0 Å². The normalized spacial score (nSPS) is 10.8.